The van der Waals surface area contributed by atoms with Gasteiger partial charge < -0.3 is 4.74 Å². The van der Waals surface area contributed by atoms with Gasteiger partial charge in [0, 0.05) is 11.3 Å². The first-order valence-corrected chi connectivity index (χ1v) is 6.41. The van der Waals surface area contributed by atoms with E-state index in [1.54, 1.807) is 14.0 Å². The van der Waals surface area contributed by atoms with Crippen molar-refractivity contribution >= 4 is 12.0 Å². The average molecular weight is 270 g/mol. The van der Waals surface area contributed by atoms with Gasteiger partial charge in [0.15, 0.2) is 0 Å². The van der Waals surface area contributed by atoms with Crippen LogP contribution in [0.3, 0.4) is 0 Å². The molecule has 2 aromatic rings. The van der Waals surface area contributed by atoms with E-state index in [1.807, 2.05) is 50.3 Å². The van der Waals surface area contributed by atoms with E-state index in [-0.39, 0.29) is 5.91 Å². The third kappa shape index (κ3) is 2.96. The number of ether oxygens (including phenoxy) is 1. The number of aromatic nitrogens is 2. The van der Waals surface area contributed by atoms with Crippen LogP contribution in [0.1, 0.15) is 28.7 Å². The molecule has 0 unspecified atom stereocenters. The summed E-state index contributed by atoms with van der Waals surface area (Å²) in [4.78, 5) is 12.3. The summed E-state index contributed by atoms with van der Waals surface area (Å²) < 4.78 is 6.54. The van der Waals surface area contributed by atoms with Gasteiger partial charge in [0.1, 0.15) is 5.75 Å². The van der Waals surface area contributed by atoms with Gasteiger partial charge in [-0.3, -0.25) is 4.79 Å². The van der Waals surface area contributed by atoms with Gasteiger partial charge in [0.25, 0.3) is 5.91 Å². The smallest absolute Gasteiger partial charge is 0.274 e. The third-order valence-corrected chi connectivity index (χ3v) is 3.04. The highest BCUT2D eigenvalue weighted by atomic mass is 16.5. The van der Waals surface area contributed by atoms with Crippen LogP contribution < -0.4 is 4.74 Å². The molecule has 0 amide bonds. The molecule has 1 aromatic heterocycles. The molecule has 0 aliphatic carbocycles. The standard InChI is InChI=1S/C16H18N2O2/c1-11(9-14-5-7-15(20-4)8-6-14)16(19)18-13(3)10-12(2)17-18/h5-10H,1-4H3/b11-9+. The molecule has 0 spiro atoms. The van der Waals surface area contributed by atoms with Gasteiger partial charge in [0.05, 0.1) is 12.8 Å². The normalized spacial score (nSPS) is 11.5. The Balaban J connectivity index is 2.25. The molecule has 0 radical (unpaired) electrons. The van der Waals surface area contributed by atoms with Crippen LogP contribution in [-0.4, -0.2) is 22.8 Å². The molecule has 0 saturated heterocycles. The Kier molecular flexibility index (Phi) is 4.03. The van der Waals surface area contributed by atoms with Gasteiger partial charge in [-0.2, -0.15) is 5.10 Å². The summed E-state index contributed by atoms with van der Waals surface area (Å²) in [5.74, 6) is 0.691. The summed E-state index contributed by atoms with van der Waals surface area (Å²) in [7, 11) is 1.63. The molecule has 0 saturated carbocycles. The average Bonchev–Trinajstić information content (AvgIpc) is 2.77. The molecule has 104 valence electrons. The van der Waals surface area contributed by atoms with Crippen LogP contribution in [0, 0.1) is 13.8 Å². The number of hydrogen-bond acceptors (Lipinski definition) is 3. The lowest BCUT2D eigenvalue weighted by Gasteiger charge is -2.04. The molecule has 0 aliphatic rings. The molecule has 0 fully saturated rings. The van der Waals surface area contributed by atoms with Crippen LogP contribution in [0.2, 0.25) is 0 Å². The van der Waals surface area contributed by atoms with Crippen LogP contribution in [0.5, 0.6) is 5.75 Å². The van der Waals surface area contributed by atoms with Crippen molar-refractivity contribution in [2.75, 3.05) is 7.11 Å². The minimum atomic E-state index is -0.105. The molecule has 4 heteroatoms. The Morgan fingerprint density at radius 2 is 1.90 bits per heavy atom. The fraction of sp³-hybridized carbons (Fsp3) is 0.250. The number of benzene rings is 1. The Hall–Kier alpha value is -2.36. The van der Waals surface area contributed by atoms with E-state index in [4.69, 9.17) is 4.74 Å². The van der Waals surface area contributed by atoms with Crippen molar-refractivity contribution in [1.29, 1.82) is 0 Å². The van der Waals surface area contributed by atoms with E-state index in [0.29, 0.717) is 5.57 Å². The first-order valence-electron chi connectivity index (χ1n) is 6.41. The van der Waals surface area contributed by atoms with Crippen LogP contribution in [-0.2, 0) is 0 Å². The molecule has 4 nitrogen and oxygen atoms in total. The van der Waals surface area contributed by atoms with Crippen LogP contribution in [0.25, 0.3) is 6.08 Å². The van der Waals surface area contributed by atoms with Gasteiger partial charge >= 0.3 is 0 Å². The minimum Gasteiger partial charge on any atom is -0.497 e. The summed E-state index contributed by atoms with van der Waals surface area (Å²) in [6.45, 7) is 5.54. The van der Waals surface area contributed by atoms with Crippen molar-refractivity contribution < 1.29 is 9.53 Å². The fourth-order valence-corrected chi connectivity index (χ4v) is 2.01. The number of hydrogen-bond donors (Lipinski definition) is 0. The number of carbonyl (C=O) groups is 1. The van der Waals surface area contributed by atoms with Crippen LogP contribution >= 0.6 is 0 Å². The number of methoxy groups -OCH3 is 1. The lowest BCUT2D eigenvalue weighted by Crippen LogP contribution is -2.15. The van der Waals surface area contributed by atoms with Gasteiger partial charge in [-0.25, -0.2) is 4.68 Å². The monoisotopic (exact) mass is 270 g/mol. The molecule has 1 heterocycles. The fourth-order valence-electron chi connectivity index (χ4n) is 2.01. The van der Waals surface area contributed by atoms with Crippen LogP contribution in [0.4, 0.5) is 0 Å². The quantitative estimate of drug-likeness (QED) is 0.804. The molecule has 0 atom stereocenters. The van der Waals surface area contributed by atoms with Gasteiger partial charge in [-0.15, -0.1) is 0 Å². The molecule has 2 rings (SSSR count). The Morgan fingerprint density at radius 3 is 2.40 bits per heavy atom. The highest BCUT2D eigenvalue weighted by Gasteiger charge is 2.11. The van der Waals surface area contributed by atoms with Gasteiger partial charge in [-0.1, -0.05) is 12.1 Å². The number of allylic oxidation sites excluding steroid dienone is 1. The van der Waals surface area contributed by atoms with Crippen molar-refractivity contribution in [3.8, 4) is 5.75 Å². The maximum Gasteiger partial charge on any atom is 0.274 e. The van der Waals surface area contributed by atoms with Gasteiger partial charge in [0.2, 0.25) is 0 Å². The number of aryl methyl sites for hydroxylation is 2. The number of nitrogens with zero attached hydrogens (tertiary/aromatic N) is 2. The lowest BCUT2D eigenvalue weighted by atomic mass is 10.1. The maximum atomic E-state index is 12.3. The Labute approximate surface area is 118 Å². The number of rotatable bonds is 3. The molecule has 0 bridgehead atoms. The van der Waals surface area contributed by atoms with E-state index in [9.17, 15) is 4.79 Å². The summed E-state index contributed by atoms with van der Waals surface area (Å²) in [6, 6.07) is 9.45. The van der Waals surface area contributed by atoms with Crippen molar-refractivity contribution in [3.63, 3.8) is 0 Å². The SMILES string of the molecule is COc1ccc(/C=C(\C)C(=O)n2nc(C)cc2C)cc1. The van der Waals surface area contributed by atoms with E-state index < -0.39 is 0 Å². The highest BCUT2D eigenvalue weighted by molar-refractivity contribution is 5.98. The number of carbonyl (C=O) groups excluding carboxylic acids is 1. The second-order valence-electron chi connectivity index (χ2n) is 4.74. The van der Waals surface area contributed by atoms with Gasteiger partial charge in [-0.05, 0) is 50.6 Å². The van der Waals surface area contributed by atoms with E-state index in [1.165, 1.54) is 4.68 Å². The predicted molar refractivity (Wildman–Crippen MR) is 79.0 cm³/mol. The third-order valence-electron chi connectivity index (χ3n) is 3.04. The minimum absolute atomic E-state index is 0.105. The predicted octanol–water partition coefficient (Wildman–Crippen LogP) is 3.25. The zero-order valence-corrected chi connectivity index (χ0v) is 12.2. The van der Waals surface area contributed by atoms with E-state index in [0.717, 1.165) is 22.7 Å². The molecule has 20 heavy (non-hydrogen) atoms. The first-order chi connectivity index (χ1) is 9.51. The summed E-state index contributed by atoms with van der Waals surface area (Å²) in [5.41, 5.74) is 3.28. The zero-order chi connectivity index (χ0) is 14.7. The summed E-state index contributed by atoms with van der Waals surface area (Å²) >= 11 is 0. The second-order valence-corrected chi connectivity index (χ2v) is 4.74. The molecular weight excluding hydrogens is 252 g/mol. The maximum absolute atomic E-state index is 12.3. The second kappa shape index (κ2) is 5.74. The van der Waals surface area contributed by atoms with Crippen molar-refractivity contribution in [2.45, 2.75) is 20.8 Å². The molecule has 0 N–H and O–H groups in total. The molecule has 1 aromatic carbocycles. The van der Waals surface area contributed by atoms with Crippen molar-refractivity contribution in [2.24, 2.45) is 0 Å². The highest BCUT2D eigenvalue weighted by Crippen LogP contribution is 2.15. The zero-order valence-electron chi connectivity index (χ0n) is 12.2. The summed E-state index contributed by atoms with van der Waals surface area (Å²) in [5, 5.41) is 4.21. The topological polar surface area (TPSA) is 44.1 Å². The Bertz CT molecular complexity index is 652. The summed E-state index contributed by atoms with van der Waals surface area (Å²) in [6.07, 6.45) is 1.85. The Morgan fingerprint density at radius 1 is 1.25 bits per heavy atom. The molecule has 0 aliphatic heterocycles. The largest absolute Gasteiger partial charge is 0.497 e. The van der Waals surface area contributed by atoms with Crippen molar-refractivity contribution in [1.82, 2.24) is 9.78 Å². The van der Waals surface area contributed by atoms with Crippen molar-refractivity contribution in [3.05, 3.63) is 52.9 Å². The van der Waals surface area contributed by atoms with E-state index >= 15 is 0 Å². The first kappa shape index (κ1) is 14.1. The molecular formula is C16H18N2O2. The van der Waals surface area contributed by atoms with Crippen LogP contribution in [0.15, 0.2) is 35.9 Å². The lowest BCUT2D eigenvalue weighted by molar-refractivity contribution is 0.0938. The van der Waals surface area contributed by atoms with E-state index in [2.05, 4.69) is 5.10 Å².